The van der Waals surface area contributed by atoms with Crippen LogP contribution in [0.15, 0.2) is 36.5 Å². The van der Waals surface area contributed by atoms with Crippen LogP contribution < -0.4 is 0 Å². The highest BCUT2D eigenvalue weighted by Gasteiger charge is 2.32. The minimum atomic E-state index is -4.50. The number of benzene rings is 1. The predicted octanol–water partition coefficient (Wildman–Crippen LogP) is 3.50. The van der Waals surface area contributed by atoms with Crippen molar-refractivity contribution in [2.75, 3.05) is 0 Å². The van der Waals surface area contributed by atoms with E-state index in [1.165, 1.54) is 0 Å². The molecule has 0 aliphatic carbocycles. The highest BCUT2D eigenvalue weighted by molar-refractivity contribution is 5.64. The summed E-state index contributed by atoms with van der Waals surface area (Å²) in [6.45, 7) is 1.87. The quantitative estimate of drug-likeness (QED) is 0.771. The van der Waals surface area contributed by atoms with Crippen molar-refractivity contribution in [2.24, 2.45) is 0 Å². The molecule has 132 valence electrons. The summed E-state index contributed by atoms with van der Waals surface area (Å²) in [6, 6.07) is 10.1. The molecule has 9 heteroatoms. The molecule has 0 aliphatic heterocycles. The lowest BCUT2D eigenvalue weighted by atomic mass is 9.95. The summed E-state index contributed by atoms with van der Waals surface area (Å²) in [7, 11) is 0. The van der Waals surface area contributed by atoms with Gasteiger partial charge >= 0.3 is 6.18 Å². The first-order valence-corrected chi connectivity index (χ1v) is 7.69. The van der Waals surface area contributed by atoms with Crippen LogP contribution >= 0.6 is 0 Å². The first kappa shape index (κ1) is 17.5. The largest absolute Gasteiger partial charge is 0.433 e. The van der Waals surface area contributed by atoms with Gasteiger partial charge in [-0.3, -0.25) is 0 Å². The minimum Gasteiger partial charge on any atom is -0.247 e. The van der Waals surface area contributed by atoms with Crippen LogP contribution in [0.3, 0.4) is 0 Å². The smallest absolute Gasteiger partial charge is 0.247 e. The number of hydrogen-bond acceptors (Lipinski definition) is 5. The summed E-state index contributed by atoms with van der Waals surface area (Å²) in [6.07, 6.45) is -3.14. The fourth-order valence-electron chi connectivity index (χ4n) is 2.55. The van der Waals surface area contributed by atoms with Gasteiger partial charge in [0.1, 0.15) is 23.3 Å². The monoisotopic (exact) mass is 358 g/mol. The van der Waals surface area contributed by atoms with Crippen molar-refractivity contribution >= 4 is 0 Å². The Morgan fingerprint density at radius 3 is 2.81 bits per heavy atom. The Balaban J connectivity index is 1.84. The van der Waals surface area contributed by atoms with E-state index in [1.807, 2.05) is 25.1 Å². The summed E-state index contributed by atoms with van der Waals surface area (Å²) in [5, 5.41) is 19.1. The number of nitrogens with one attached hydrogen (secondary N) is 1. The third-order valence-electron chi connectivity index (χ3n) is 3.87. The average molecular weight is 358 g/mol. The van der Waals surface area contributed by atoms with Gasteiger partial charge in [0, 0.05) is 18.2 Å². The fourth-order valence-corrected chi connectivity index (χ4v) is 2.55. The second-order valence-corrected chi connectivity index (χ2v) is 5.73. The summed E-state index contributed by atoms with van der Waals surface area (Å²) < 4.78 is 38.3. The molecule has 0 amide bonds. The van der Waals surface area contributed by atoms with E-state index in [0.29, 0.717) is 11.3 Å². The Labute approximate surface area is 146 Å². The van der Waals surface area contributed by atoms with Crippen molar-refractivity contribution in [3.8, 4) is 17.3 Å². The minimum absolute atomic E-state index is 0.122. The van der Waals surface area contributed by atoms with Crippen LogP contribution in [0, 0.1) is 11.3 Å². The van der Waals surface area contributed by atoms with Crippen molar-refractivity contribution in [1.29, 1.82) is 5.26 Å². The molecule has 0 saturated carbocycles. The first-order chi connectivity index (χ1) is 12.4. The average Bonchev–Trinajstić information content (AvgIpc) is 3.10. The predicted molar refractivity (Wildman–Crippen MR) is 85.7 cm³/mol. The maximum absolute atomic E-state index is 12.8. The first-order valence-electron chi connectivity index (χ1n) is 7.69. The van der Waals surface area contributed by atoms with Crippen LogP contribution in [-0.2, 0) is 12.6 Å². The van der Waals surface area contributed by atoms with Gasteiger partial charge in [-0.2, -0.15) is 18.4 Å². The molecule has 2 heterocycles. The van der Waals surface area contributed by atoms with Crippen LogP contribution in [0.1, 0.15) is 35.6 Å². The number of alkyl halides is 3. The molecule has 0 unspecified atom stereocenters. The van der Waals surface area contributed by atoms with Crippen LogP contribution in [0.5, 0.6) is 0 Å². The third-order valence-corrected chi connectivity index (χ3v) is 3.87. The zero-order chi connectivity index (χ0) is 18.7. The van der Waals surface area contributed by atoms with Crippen molar-refractivity contribution in [3.05, 3.63) is 59.3 Å². The second-order valence-electron chi connectivity index (χ2n) is 5.73. The van der Waals surface area contributed by atoms with Crippen LogP contribution in [0.2, 0.25) is 0 Å². The summed E-state index contributed by atoms with van der Waals surface area (Å²) in [5.74, 6) is -0.00671. The molecule has 1 N–H and O–H groups in total. The molecular formula is C17H13F3N6. The molecule has 0 aliphatic rings. The van der Waals surface area contributed by atoms with Gasteiger partial charge in [0.2, 0.25) is 0 Å². The van der Waals surface area contributed by atoms with Crippen LogP contribution in [-0.4, -0.2) is 25.4 Å². The Morgan fingerprint density at radius 2 is 2.08 bits per heavy atom. The normalized spacial score (nSPS) is 12.6. The maximum atomic E-state index is 12.8. The van der Waals surface area contributed by atoms with Crippen molar-refractivity contribution in [2.45, 2.75) is 25.4 Å². The zero-order valence-corrected chi connectivity index (χ0v) is 13.6. The highest BCUT2D eigenvalue weighted by Crippen LogP contribution is 2.29. The third kappa shape index (κ3) is 3.69. The standard InChI is InChI=1S/C17H13F3N6/c1-10(7-15-22-6-5-14(23-15)17(18,19)20)11-3-2-4-12(8-11)16-13(9-21)24-26-25-16/h2-6,8,10H,7H2,1H3,(H,24,25,26)/t10-/m0/s1. The second kappa shape index (κ2) is 6.92. The Kier molecular flexibility index (Phi) is 4.67. The number of halogens is 3. The van der Waals surface area contributed by atoms with Gasteiger partial charge < -0.3 is 0 Å². The van der Waals surface area contributed by atoms with Crippen molar-refractivity contribution in [3.63, 3.8) is 0 Å². The molecule has 1 atom stereocenters. The molecule has 0 spiro atoms. The molecule has 2 aromatic heterocycles. The van der Waals surface area contributed by atoms with E-state index in [1.54, 1.807) is 12.1 Å². The van der Waals surface area contributed by atoms with E-state index < -0.39 is 11.9 Å². The zero-order valence-electron chi connectivity index (χ0n) is 13.6. The van der Waals surface area contributed by atoms with Crippen molar-refractivity contribution < 1.29 is 13.2 Å². The maximum Gasteiger partial charge on any atom is 0.433 e. The van der Waals surface area contributed by atoms with Gasteiger partial charge in [-0.25, -0.2) is 15.1 Å². The number of hydrogen-bond donors (Lipinski definition) is 1. The van der Waals surface area contributed by atoms with E-state index in [2.05, 4.69) is 25.4 Å². The number of nitrogens with zero attached hydrogens (tertiary/aromatic N) is 5. The SMILES string of the molecule is C[C@@H](Cc1nccc(C(F)(F)F)n1)c1cccc(-c2nn[nH]c2C#N)c1. The molecule has 0 radical (unpaired) electrons. The Hall–Kier alpha value is -3.28. The number of aromatic amines is 1. The summed E-state index contributed by atoms with van der Waals surface area (Å²) in [5.41, 5.74) is 1.29. The molecule has 3 rings (SSSR count). The van der Waals surface area contributed by atoms with E-state index in [-0.39, 0.29) is 23.9 Å². The van der Waals surface area contributed by atoms with Gasteiger partial charge in [-0.05, 0) is 23.6 Å². The molecular weight excluding hydrogens is 345 g/mol. The van der Waals surface area contributed by atoms with E-state index in [0.717, 1.165) is 17.8 Å². The van der Waals surface area contributed by atoms with Gasteiger partial charge in [-0.15, -0.1) is 5.10 Å². The molecule has 3 aromatic rings. The Morgan fingerprint density at radius 1 is 1.27 bits per heavy atom. The van der Waals surface area contributed by atoms with Crippen LogP contribution in [0.4, 0.5) is 13.2 Å². The lowest BCUT2D eigenvalue weighted by Gasteiger charge is -2.13. The summed E-state index contributed by atoms with van der Waals surface area (Å²) in [4.78, 5) is 7.54. The van der Waals surface area contributed by atoms with E-state index in [9.17, 15) is 13.2 Å². The molecule has 6 nitrogen and oxygen atoms in total. The molecule has 0 bridgehead atoms. The number of aromatic nitrogens is 5. The molecule has 1 aromatic carbocycles. The number of nitriles is 1. The van der Waals surface area contributed by atoms with E-state index >= 15 is 0 Å². The Bertz CT molecular complexity index is 957. The van der Waals surface area contributed by atoms with E-state index in [4.69, 9.17) is 5.26 Å². The van der Waals surface area contributed by atoms with Crippen LogP contribution in [0.25, 0.3) is 11.3 Å². The van der Waals surface area contributed by atoms with Gasteiger partial charge in [-0.1, -0.05) is 30.3 Å². The van der Waals surface area contributed by atoms with Gasteiger partial charge in [0.05, 0.1) is 0 Å². The van der Waals surface area contributed by atoms with Gasteiger partial charge in [0.15, 0.2) is 5.69 Å². The molecule has 0 fully saturated rings. The lowest BCUT2D eigenvalue weighted by Crippen LogP contribution is -2.11. The fraction of sp³-hybridized carbons (Fsp3) is 0.235. The lowest BCUT2D eigenvalue weighted by molar-refractivity contribution is -0.141. The topological polar surface area (TPSA) is 91.1 Å². The number of H-pyrrole nitrogens is 1. The summed E-state index contributed by atoms with van der Waals surface area (Å²) >= 11 is 0. The molecule has 26 heavy (non-hydrogen) atoms. The molecule has 0 saturated heterocycles. The van der Waals surface area contributed by atoms with Crippen molar-refractivity contribution in [1.82, 2.24) is 25.4 Å². The van der Waals surface area contributed by atoms with Gasteiger partial charge in [0.25, 0.3) is 0 Å². The highest BCUT2D eigenvalue weighted by atomic mass is 19.4. The number of rotatable bonds is 4.